The number of sulfonamides is 1. The molecular formula is C8H14N2O3S2. The van der Waals surface area contributed by atoms with E-state index in [9.17, 15) is 8.42 Å². The Balaban J connectivity index is 2.93. The van der Waals surface area contributed by atoms with E-state index in [2.05, 4.69) is 0 Å². The molecule has 0 aliphatic rings. The van der Waals surface area contributed by atoms with Gasteiger partial charge >= 0.3 is 0 Å². The number of hydrogen-bond acceptors (Lipinski definition) is 5. The second kappa shape index (κ2) is 4.48. The van der Waals surface area contributed by atoms with Gasteiger partial charge in [0.15, 0.2) is 0 Å². The first-order valence-electron chi connectivity index (χ1n) is 4.32. The summed E-state index contributed by atoms with van der Waals surface area (Å²) in [5, 5.41) is 10.7. The molecule has 0 saturated heterocycles. The van der Waals surface area contributed by atoms with Crippen molar-refractivity contribution in [2.75, 3.05) is 19.3 Å². The molecule has 0 fully saturated rings. The summed E-state index contributed by atoms with van der Waals surface area (Å²) in [5.41, 5.74) is 5.89. The number of nitrogens with zero attached hydrogens (tertiary/aromatic N) is 1. The van der Waals surface area contributed by atoms with Crippen molar-refractivity contribution in [3.63, 3.8) is 0 Å². The number of likely N-dealkylation sites (N-methyl/N-ethyl adjacent to an activating group) is 1. The van der Waals surface area contributed by atoms with E-state index >= 15 is 0 Å². The highest BCUT2D eigenvalue weighted by molar-refractivity contribution is 7.91. The summed E-state index contributed by atoms with van der Waals surface area (Å²) in [6, 6.07) is 1.42. The van der Waals surface area contributed by atoms with Crippen LogP contribution in [-0.2, 0) is 10.0 Å². The molecule has 15 heavy (non-hydrogen) atoms. The van der Waals surface area contributed by atoms with Gasteiger partial charge in [-0.25, -0.2) is 8.42 Å². The zero-order valence-electron chi connectivity index (χ0n) is 8.54. The Hall–Kier alpha value is -0.630. The molecule has 0 bridgehead atoms. The molecule has 1 aromatic rings. The lowest BCUT2D eigenvalue weighted by molar-refractivity contribution is 0.171. The van der Waals surface area contributed by atoms with Crippen molar-refractivity contribution in [1.29, 1.82) is 0 Å². The molecule has 1 aromatic heterocycles. The van der Waals surface area contributed by atoms with Crippen molar-refractivity contribution in [1.82, 2.24) is 4.31 Å². The van der Waals surface area contributed by atoms with Gasteiger partial charge in [0.1, 0.15) is 4.21 Å². The second-order valence-electron chi connectivity index (χ2n) is 3.33. The first-order valence-corrected chi connectivity index (χ1v) is 6.64. The van der Waals surface area contributed by atoms with E-state index in [1.165, 1.54) is 20.0 Å². The van der Waals surface area contributed by atoms with Crippen LogP contribution in [0.1, 0.15) is 6.92 Å². The average Bonchev–Trinajstić information content (AvgIpc) is 2.50. The molecule has 0 aromatic carbocycles. The topological polar surface area (TPSA) is 83.6 Å². The van der Waals surface area contributed by atoms with Crippen LogP contribution in [0.3, 0.4) is 0 Å². The lowest BCUT2D eigenvalue weighted by Crippen LogP contribution is -2.32. The van der Waals surface area contributed by atoms with E-state index in [0.29, 0.717) is 5.69 Å². The first kappa shape index (κ1) is 12.4. The minimum Gasteiger partial charge on any atom is -0.398 e. The van der Waals surface area contributed by atoms with Crippen LogP contribution < -0.4 is 5.73 Å². The molecular weight excluding hydrogens is 236 g/mol. The Bertz CT molecular complexity index is 425. The van der Waals surface area contributed by atoms with E-state index in [-0.39, 0.29) is 10.8 Å². The lowest BCUT2D eigenvalue weighted by Gasteiger charge is -2.17. The Morgan fingerprint density at radius 3 is 2.67 bits per heavy atom. The number of aliphatic hydroxyl groups excluding tert-OH is 1. The molecule has 86 valence electrons. The van der Waals surface area contributed by atoms with Gasteiger partial charge in [0.25, 0.3) is 10.0 Å². The largest absolute Gasteiger partial charge is 0.398 e. The second-order valence-corrected chi connectivity index (χ2v) is 6.52. The predicted molar refractivity (Wildman–Crippen MR) is 60.2 cm³/mol. The molecule has 1 heterocycles. The number of nitrogen functional groups attached to an aromatic ring is 1. The molecule has 7 heteroatoms. The summed E-state index contributed by atoms with van der Waals surface area (Å²) in [6.07, 6.45) is -0.693. The smallest absolute Gasteiger partial charge is 0.252 e. The number of rotatable bonds is 4. The van der Waals surface area contributed by atoms with Crippen LogP contribution in [0, 0.1) is 0 Å². The highest BCUT2D eigenvalue weighted by Gasteiger charge is 2.23. The van der Waals surface area contributed by atoms with Crippen LogP contribution in [0.4, 0.5) is 5.69 Å². The van der Waals surface area contributed by atoms with E-state index in [1.807, 2.05) is 0 Å². The van der Waals surface area contributed by atoms with Gasteiger partial charge < -0.3 is 10.8 Å². The van der Waals surface area contributed by atoms with E-state index in [1.54, 1.807) is 5.38 Å². The maximum atomic E-state index is 11.9. The quantitative estimate of drug-likeness (QED) is 0.806. The van der Waals surface area contributed by atoms with Crippen molar-refractivity contribution in [2.45, 2.75) is 17.2 Å². The van der Waals surface area contributed by atoms with Crippen LogP contribution in [0.25, 0.3) is 0 Å². The minimum absolute atomic E-state index is 0.0696. The van der Waals surface area contributed by atoms with Gasteiger partial charge in [0.05, 0.1) is 6.10 Å². The third kappa shape index (κ3) is 2.91. The zero-order chi connectivity index (χ0) is 11.6. The van der Waals surface area contributed by atoms with E-state index in [4.69, 9.17) is 10.8 Å². The van der Waals surface area contributed by atoms with Gasteiger partial charge in [-0.05, 0) is 13.0 Å². The lowest BCUT2D eigenvalue weighted by atomic mass is 10.4. The van der Waals surface area contributed by atoms with Crippen LogP contribution in [0.2, 0.25) is 0 Å². The maximum absolute atomic E-state index is 11.9. The number of nitrogens with two attached hydrogens (primary N) is 1. The number of thiophene rings is 1. The number of anilines is 1. The van der Waals surface area contributed by atoms with Crippen molar-refractivity contribution in [2.24, 2.45) is 0 Å². The highest BCUT2D eigenvalue weighted by Crippen LogP contribution is 2.24. The fraction of sp³-hybridized carbons (Fsp3) is 0.500. The predicted octanol–water partition coefficient (Wildman–Crippen LogP) is 0.332. The van der Waals surface area contributed by atoms with Crippen molar-refractivity contribution in [3.8, 4) is 0 Å². The third-order valence-corrected chi connectivity index (χ3v) is 5.04. The molecule has 0 aliphatic heterocycles. The summed E-state index contributed by atoms with van der Waals surface area (Å²) in [7, 11) is -2.07. The molecule has 0 saturated carbocycles. The fourth-order valence-electron chi connectivity index (χ4n) is 1.09. The van der Waals surface area contributed by atoms with Crippen LogP contribution >= 0.6 is 11.3 Å². The Kier molecular flexibility index (Phi) is 3.72. The van der Waals surface area contributed by atoms with E-state index in [0.717, 1.165) is 15.6 Å². The van der Waals surface area contributed by atoms with Crippen LogP contribution in [-0.4, -0.2) is 37.5 Å². The Morgan fingerprint density at radius 1 is 1.67 bits per heavy atom. The summed E-state index contributed by atoms with van der Waals surface area (Å²) in [6.45, 7) is 1.61. The fourth-order valence-corrected chi connectivity index (χ4v) is 3.63. The summed E-state index contributed by atoms with van der Waals surface area (Å²) in [4.78, 5) is 0. The SMILES string of the molecule is CC(O)CN(C)S(=O)(=O)c1cc(N)cs1. The summed E-state index contributed by atoms with van der Waals surface area (Å²) < 4.78 is 25.0. The van der Waals surface area contributed by atoms with Gasteiger partial charge in [-0.2, -0.15) is 4.31 Å². The maximum Gasteiger partial charge on any atom is 0.252 e. The molecule has 1 atom stereocenters. The van der Waals surface area contributed by atoms with Gasteiger partial charge in [0.2, 0.25) is 0 Å². The third-order valence-electron chi connectivity index (χ3n) is 1.78. The highest BCUT2D eigenvalue weighted by atomic mass is 32.2. The zero-order valence-corrected chi connectivity index (χ0v) is 10.2. The monoisotopic (exact) mass is 250 g/mol. The normalized spacial score (nSPS) is 14.4. The molecule has 5 nitrogen and oxygen atoms in total. The van der Waals surface area contributed by atoms with Crippen molar-refractivity contribution in [3.05, 3.63) is 11.4 Å². The van der Waals surface area contributed by atoms with Crippen molar-refractivity contribution < 1.29 is 13.5 Å². The summed E-state index contributed by atoms with van der Waals surface area (Å²) >= 11 is 1.08. The Morgan fingerprint density at radius 2 is 2.27 bits per heavy atom. The van der Waals surface area contributed by atoms with E-state index < -0.39 is 16.1 Å². The molecule has 1 rings (SSSR count). The molecule has 0 amide bonds. The molecule has 0 radical (unpaired) electrons. The van der Waals surface area contributed by atoms with Crippen molar-refractivity contribution >= 4 is 27.0 Å². The molecule has 0 aliphatic carbocycles. The average molecular weight is 250 g/mol. The number of hydrogen-bond donors (Lipinski definition) is 2. The molecule has 1 unspecified atom stereocenters. The van der Waals surface area contributed by atoms with Crippen LogP contribution in [0.15, 0.2) is 15.7 Å². The van der Waals surface area contributed by atoms with Gasteiger partial charge in [-0.1, -0.05) is 0 Å². The first-order chi connectivity index (χ1) is 6.84. The molecule has 3 N–H and O–H groups in total. The van der Waals surface area contributed by atoms with Gasteiger partial charge in [-0.3, -0.25) is 0 Å². The standard InChI is InChI=1S/C8H14N2O3S2/c1-6(11)4-10(2)15(12,13)8-3-7(9)5-14-8/h3,5-6,11H,4,9H2,1-2H3. The Labute approximate surface area is 93.2 Å². The minimum atomic E-state index is -3.50. The number of aliphatic hydroxyl groups is 1. The summed E-state index contributed by atoms with van der Waals surface area (Å²) in [5.74, 6) is 0. The molecule has 0 spiro atoms. The van der Waals surface area contributed by atoms with Crippen LogP contribution in [0.5, 0.6) is 0 Å². The van der Waals surface area contributed by atoms with Gasteiger partial charge in [0, 0.05) is 24.7 Å². The van der Waals surface area contributed by atoms with Gasteiger partial charge in [-0.15, -0.1) is 11.3 Å².